The van der Waals surface area contributed by atoms with E-state index in [1.165, 1.54) is 0 Å². The second-order valence-corrected chi connectivity index (χ2v) is 3.53. The van der Waals surface area contributed by atoms with Gasteiger partial charge in [0.2, 0.25) is 0 Å². The van der Waals surface area contributed by atoms with Gasteiger partial charge in [0.25, 0.3) is 0 Å². The molecule has 0 saturated heterocycles. The lowest BCUT2D eigenvalue weighted by Crippen LogP contribution is -2.14. The van der Waals surface area contributed by atoms with Crippen LogP contribution in [-0.2, 0) is 4.74 Å². The van der Waals surface area contributed by atoms with E-state index >= 15 is 0 Å². The molecular formula is C9H17ClO. The molecule has 0 aliphatic rings. The average molecular weight is 177 g/mol. The summed E-state index contributed by atoms with van der Waals surface area (Å²) in [5.41, 5.74) is 0. The van der Waals surface area contributed by atoms with Crippen LogP contribution in [0.3, 0.4) is 0 Å². The molecule has 1 unspecified atom stereocenters. The van der Waals surface area contributed by atoms with Crippen molar-refractivity contribution in [3.8, 4) is 0 Å². The number of halogens is 1. The largest absolute Gasteiger partial charge is 0.497 e. The van der Waals surface area contributed by atoms with Gasteiger partial charge in [0.1, 0.15) is 6.61 Å². The highest BCUT2D eigenvalue weighted by molar-refractivity contribution is 6.20. The van der Waals surface area contributed by atoms with E-state index in [1.807, 2.05) is 19.9 Å². The number of allylic oxidation sites excluding steroid dienone is 2. The minimum Gasteiger partial charge on any atom is -0.497 e. The van der Waals surface area contributed by atoms with Gasteiger partial charge in [0.05, 0.1) is 11.1 Å². The first-order chi connectivity index (χ1) is 5.07. The van der Waals surface area contributed by atoms with Crippen LogP contribution in [0.25, 0.3) is 0 Å². The van der Waals surface area contributed by atoms with Gasteiger partial charge in [-0.3, -0.25) is 0 Å². The SMILES string of the molecule is C/C=C(\C)OCC(Cl)C(C)C. The maximum atomic E-state index is 5.96. The number of hydrogen-bond acceptors (Lipinski definition) is 1. The predicted octanol–water partition coefficient (Wildman–Crippen LogP) is 3.19. The van der Waals surface area contributed by atoms with Crippen molar-refractivity contribution in [3.63, 3.8) is 0 Å². The summed E-state index contributed by atoms with van der Waals surface area (Å²) in [6, 6.07) is 0. The minimum atomic E-state index is 0.116. The molecule has 0 aromatic carbocycles. The normalized spacial score (nSPS) is 15.3. The first-order valence-electron chi connectivity index (χ1n) is 3.97. The third kappa shape index (κ3) is 5.14. The molecule has 1 atom stereocenters. The molecule has 0 heterocycles. The van der Waals surface area contributed by atoms with Crippen LogP contribution >= 0.6 is 11.6 Å². The molecule has 0 aromatic heterocycles. The molecule has 0 amide bonds. The van der Waals surface area contributed by atoms with Crippen molar-refractivity contribution in [2.24, 2.45) is 5.92 Å². The molecule has 2 heteroatoms. The fourth-order valence-corrected chi connectivity index (χ4v) is 0.550. The summed E-state index contributed by atoms with van der Waals surface area (Å²) >= 11 is 5.96. The van der Waals surface area contributed by atoms with Gasteiger partial charge >= 0.3 is 0 Å². The van der Waals surface area contributed by atoms with E-state index < -0.39 is 0 Å². The molecule has 0 spiro atoms. The number of alkyl halides is 1. The monoisotopic (exact) mass is 176 g/mol. The first-order valence-corrected chi connectivity index (χ1v) is 4.41. The minimum absolute atomic E-state index is 0.116. The number of hydrogen-bond donors (Lipinski definition) is 0. The summed E-state index contributed by atoms with van der Waals surface area (Å²) in [5, 5.41) is 0.116. The van der Waals surface area contributed by atoms with Crippen LogP contribution < -0.4 is 0 Å². The first kappa shape index (κ1) is 10.8. The van der Waals surface area contributed by atoms with E-state index in [9.17, 15) is 0 Å². The zero-order valence-corrected chi connectivity index (χ0v) is 8.48. The smallest absolute Gasteiger partial charge is 0.104 e. The van der Waals surface area contributed by atoms with E-state index in [0.717, 1.165) is 5.76 Å². The predicted molar refractivity (Wildman–Crippen MR) is 49.9 cm³/mol. The second-order valence-electron chi connectivity index (χ2n) is 2.97. The van der Waals surface area contributed by atoms with Crippen LogP contribution in [0.15, 0.2) is 11.8 Å². The van der Waals surface area contributed by atoms with Gasteiger partial charge < -0.3 is 4.74 Å². The van der Waals surface area contributed by atoms with Crippen LogP contribution in [0.5, 0.6) is 0 Å². The van der Waals surface area contributed by atoms with Crippen LogP contribution in [0.1, 0.15) is 27.7 Å². The quantitative estimate of drug-likeness (QED) is 0.472. The summed E-state index contributed by atoms with van der Waals surface area (Å²) in [4.78, 5) is 0. The lowest BCUT2D eigenvalue weighted by molar-refractivity contribution is 0.200. The van der Waals surface area contributed by atoms with Gasteiger partial charge in [-0.25, -0.2) is 0 Å². The topological polar surface area (TPSA) is 9.23 Å². The van der Waals surface area contributed by atoms with Gasteiger partial charge in [-0.2, -0.15) is 0 Å². The number of rotatable bonds is 4. The Balaban J connectivity index is 3.54. The zero-order valence-electron chi connectivity index (χ0n) is 7.73. The molecule has 0 fully saturated rings. The van der Waals surface area contributed by atoms with Crippen molar-refractivity contribution < 1.29 is 4.74 Å². The highest BCUT2D eigenvalue weighted by Gasteiger charge is 2.09. The molecule has 0 saturated carbocycles. The summed E-state index contributed by atoms with van der Waals surface area (Å²) < 4.78 is 5.34. The summed E-state index contributed by atoms with van der Waals surface area (Å²) in [6.07, 6.45) is 1.93. The Morgan fingerprint density at radius 2 is 2.09 bits per heavy atom. The van der Waals surface area contributed by atoms with E-state index in [1.54, 1.807) is 0 Å². The van der Waals surface area contributed by atoms with Gasteiger partial charge in [0.15, 0.2) is 0 Å². The van der Waals surface area contributed by atoms with Gasteiger partial charge in [0, 0.05) is 0 Å². The maximum Gasteiger partial charge on any atom is 0.104 e. The lowest BCUT2D eigenvalue weighted by Gasteiger charge is -2.14. The molecule has 0 N–H and O–H groups in total. The van der Waals surface area contributed by atoms with E-state index in [0.29, 0.717) is 12.5 Å². The van der Waals surface area contributed by atoms with Crippen molar-refractivity contribution >= 4 is 11.6 Å². The summed E-state index contributed by atoms with van der Waals surface area (Å²) in [5.74, 6) is 1.41. The molecule has 0 bridgehead atoms. The standard InChI is InChI=1S/C9H17ClO/c1-5-8(4)11-6-9(10)7(2)3/h5,7,9H,6H2,1-4H3/b8-5+. The van der Waals surface area contributed by atoms with Crippen LogP contribution in [0, 0.1) is 5.92 Å². The van der Waals surface area contributed by atoms with E-state index in [-0.39, 0.29) is 5.38 Å². The molecule has 0 aliphatic carbocycles. The van der Waals surface area contributed by atoms with Crippen molar-refractivity contribution in [1.82, 2.24) is 0 Å². The van der Waals surface area contributed by atoms with E-state index in [4.69, 9.17) is 16.3 Å². The molecule has 0 aromatic rings. The molecule has 66 valence electrons. The Labute approximate surface area is 74.4 Å². The van der Waals surface area contributed by atoms with Crippen molar-refractivity contribution in [3.05, 3.63) is 11.8 Å². The summed E-state index contributed by atoms with van der Waals surface area (Å²) in [7, 11) is 0. The Morgan fingerprint density at radius 3 is 2.45 bits per heavy atom. The van der Waals surface area contributed by atoms with Gasteiger partial charge in [-0.05, 0) is 19.8 Å². The Kier molecular flexibility index (Phi) is 5.39. The summed E-state index contributed by atoms with van der Waals surface area (Å²) in [6.45, 7) is 8.67. The van der Waals surface area contributed by atoms with Crippen molar-refractivity contribution in [1.29, 1.82) is 0 Å². The van der Waals surface area contributed by atoms with Gasteiger partial charge in [-0.15, -0.1) is 11.6 Å². The fraction of sp³-hybridized carbons (Fsp3) is 0.778. The van der Waals surface area contributed by atoms with Crippen LogP contribution in [0.2, 0.25) is 0 Å². The van der Waals surface area contributed by atoms with Crippen molar-refractivity contribution in [2.45, 2.75) is 33.1 Å². The van der Waals surface area contributed by atoms with Crippen LogP contribution in [-0.4, -0.2) is 12.0 Å². The third-order valence-corrected chi connectivity index (χ3v) is 2.23. The Hall–Kier alpha value is -0.170. The zero-order chi connectivity index (χ0) is 8.85. The average Bonchev–Trinajstić information content (AvgIpc) is 1.99. The highest BCUT2D eigenvalue weighted by Crippen LogP contribution is 2.11. The van der Waals surface area contributed by atoms with E-state index in [2.05, 4.69) is 13.8 Å². The lowest BCUT2D eigenvalue weighted by atomic mass is 10.1. The van der Waals surface area contributed by atoms with Gasteiger partial charge in [-0.1, -0.05) is 19.9 Å². The maximum absolute atomic E-state index is 5.96. The molecule has 0 rings (SSSR count). The van der Waals surface area contributed by atoms with Crippen LogP contribution in [0.4, 0.5) is 0 Å². The second kappa shape index (κ2) is 5.48. The molecule has 11 heavy (non-hydrogen) atoms. The molecule has 0 radical (unpaired) electrons. The third-order valence-electron chi connectivity index (χ3n) is 1.60. The Bertz CT molecular complexity index is 130. The Morgan fingerprint density at radius 1 is 1.55 bits per heavy atom. The number of ether oxygens (including phenoxy) is 1. The highest BCUT2D eigenvalue weighted by atomic mass is 35.5. The molecular weight excluding hydrogens is 160 g/mol. The molecule has 0 aliphatic heterocycles. The van der Waals surface area contributed by atoms with Crippen molar-refractivity contribution in [2.75, 3.05) is 6.61 Å². The molecule has 1 nitrogen and oxygen atoms in total. The fourth-order valence-electron chi connectivity index (χ4n) is 0.487.